The summed E-state index contributed by atoms with van der Waals surface area (Å²) < 4.78 is 0. The molecular weight excluding hydrogens is 591 g/mol. The van der Waals surface area contributed by atoms with Crippen LogP contribution in [0.5, 0.6) is 0 Å². The van der Waals surface area contributed by atoms with Crippen molar-refractivity contribution in [2.24, 2.45) is 11.8 Å². The summed E-state index contributed by atoms with van der Waals surface area (Å²) in [5.74, 6) is 2.14. The molecule has 49 heavy (non-hydrogen) atoms. The molecule has 5 aliphatic rings. The van der Waals surface area contributed by atoms with E-state index < -0.39 is 0 Å². The largest absolute Gasteiger partial charge is 0.311 e. The third-order valence-corrected chi connectivity index (χ3v) is 12.9. The molecule has 236 valence electrons. The van der Waals surface area contributed by atoms with Crippen LogP contribution in [0.25, 0.3) is 11.1 Å². The highest BCUT2D eigenvalue weighted by molar-refractivity contribution is 7.00. The maximum atomic E-state index is 2.56. The number of fused-ring (bicyclic) bond motifs is 12. The van der Waals surface area contributed by atoms with Gasteiger partial charge in [-0.3, -0.25) is 0 Å². The van der Waals surface area contributed by atoms with Crippen LogP contribution in [-0.2, 0) is 5.41 Å². The molecule has 1 spiro atoms. The van der Waals surface area contributed by atoms with Gasteiger partial charge in [0.1, 0.15) is 0 Å². The zero-order valence-corrected chi connectivity index (χ0v) is 28.2. The van der Waals surface area contributed by atoms with Gasteiger partial charge < -0.3 is 9.80 Å². The number of para-hydroxylation sites is 2. The van der Waals surface area contributed by atoms with Crippen molar-refractivity contribution in [3.8, 4) is 11.1 Å². The molecule has 2 saturated carbocycles. The Hall–Kier alpha value is -5.02. The summed E-state index contributed by atoms with van der Waals surface area (Å²) in [6.45, 7) is 4.70. The summed E-state index contributed by atoms with van der Waals surface area (Å²) in [6, 6.07) is 51.2. The minimum absolute atomic E-state index is 0.161. The van der Waals surface area contributed by atoms with Crippen LogP contribution in [0, 0.1) is 11.8 Å². The highest BCUT2D eigenvalue weighted by Crippen LogP contribution is 2.66. The van der Waals surface area contributed by atoms with Gasteiger partial charge in [-0.2, -0.15) is 0 Å². The zero-order chi connectivity index (χ0) is 32.4. The second-order valence-electron chi connectivity index (χ2n) is 15.5. The van der Waals surface area contributed by atoms with Crippen LogP contribution in [-0.4, -0.2) is 6.71 Å². The van der Waals surface area contributed by atoms with Crippen molar-refractivity contribution in [1.29, 1.82) is 0 Å². The molecular formula is C46H39BN2. The van der Waals surface area contributed by atoms with Crippen molar-refractivity contribution in [1.82, 2.24) is 0 Å². The van der Waals surface area contributed by atoms with Crippen molar-refractivity contribution in [3.63, 3.8) is 0 Å². The average Bonchev–Trinajstić information content (AvgIpc) is 3.84. The molecule has 2 bridgehead atoms. The van der Waals surface area contributed by atoms with E-state index in [2.05, 4.69) is 157 Å². The van der Waals surface area contributed by atoms with Crippen LogP contribution in [0.4, 0.5) is 34.1 Å². The van der Waals surface area contributed by atoms with Crippen molar-refractivity contribution < 1.29 is 0 Å². The molecule has 3 atom stereocenters. The predicted octanol–water partition coefficient (Wildman–Crippen LogP) is 9.98. The molecule has 6 aromatic rings. The maximum absolute atomic E-state index is 2.56. The Morgan fingerprint density at radius 3 is 1.88 bits per heavy atom. The third kappa shape index (κ3) is 3.63. The standard InChI is InChI=1S/C46H39BN2/c1-29(2)31-19-22-33(23-20-31)48-41-14-7-5-12-39(41)47-40-13-6-8-15-42(40)49(44-17-9-16-43(48)45(44)47)34-24-25-38-36(27-34)35-10-3-4-11-37(35)46(38)28-30-18-21-32(46)26-30/h3-17,19-20,22-25,27,29-30,32H,18,21,26,28H2,1-2H3. The number of rotatable bonds is 3. The Kier molecular flexibility index (Phi) is 5.70. The van der Waals surface area contributed by atoms with Gasteiger partial charge in [-0.1, -0.05) is 105 Å². The van der Waals surface area contributed by atoms with E-state index in [9.17, 15) is 0 Å². The lowest BCUT2D eigenvalue weighted by molar-refractivity contribution is 0.327. The van der Waals surface area contributed by atoms with Gasteiger partial charge in [0.05, 0.1) is 0 Å². The molecule has 0 aromatic heterocycles. The van der Waals surface area contributed by atoms with Gasteiger partial charge in [-0.15, -0.1) is 0 Å². The van der Waals surface area contributed by atoms with Gasteiger partial charge in [0.15, 0.2) is 0 Å². The monoisotopic (exact) mass is 630 g/mol. The maximum Gasteiger partial charge on any atom is 0.252 e. The minimum atomic E-state index is 0.161. The molecule has 11 rings (SSSR count). The van der Waals surface area contributed by atoms with Crippen LogP contribution < -0.4 is 26.2 Å². The normalized spacial score (nSPS) is 21.9. The molecule has 3 unspecified atom stereocenters. The third-order valence-electron chi connectivity index (χ3n) is 12.9. The number of hydrogen-bond donors (Lipinski definition) is 0. The van der Waals surface area contributed by atoms with Gasteiger partial charge in [0.25, 0.3) is 6.71 Å². The first-order chi connectivity index (χ1) is 24.1. The SMILES string of the molecule is CC(C)c1ccc(N2c3ccccc3B3c4ccccc4N(c4ccc5c(c4)-c4ccccc4C54CC5CCC4C5)c4cccc2c43)cc1. The first kappa shape index (κ1) is 27.9. The molecule has 2 fully saturated rings. The summed E-state index contributed by atoms with van der Waals surface area (Å²) >= 11 is 0. The van der Waals surface area contributed by atoms with E-state index in [-0.39, 0.29) is 12.1 Å². The number of benzene rings is 6. The van der Waals surface area contributed by atoms with Gasteiger partial charge in [-0.25, -0.2) is 0 Å². The van der Waals surface area contributed by atoms with Crippen LogP contribution >= 0.6 is 0 Å². The number of nitrogens with zero attached hydrogens (tertiary/aromatic N) is 2. The van der Waals surface area contributed by atoms with Gasteiger partial charge in [0, 0.05) is 39.5 Å². The average molecular weight is 631 g/mol. The summed E-state index contributed by atoms with van der Waals surface area (Å²) in [6.07, 6.45) is 5.49. The van der Waals surface area contributed by atoms with E-state index >= 15 is 0 Å². The lowest BCUT2D eigenvalue weighted by atomic mass is 9.33. The lowest BCUT2D eigenvalue weighted by Gasteiger charge is -2.44. The smallest absolute Gasteiger partial charge is 0.252 e. The van der Waals surface area contributed by atoms with E-state index in [1.54, 1.807) is 11.1 Å². The first-order valence-corrected chi connectivity index (χ1v) is 18.4. The number of hydrogen-bond acceptors (Lipinski definition) is 2. The highest BCUT2D eigenvalue weighted by Gasteiger charge is 2.56. The van der Waals surface area contributed by atoms with Gasteiger partial charge in [-0.05, 0) is 130 Å². The molecule has 0 radical (unpaired) electrons. The second kappa shape index (κ2) is 10.0. The fourth-order valence-corrected chi connectivity index (χ4v) is 10.9. The van der Waals surface area contributed by atoms with Crippen LogP contribution in [0.2, 0.25) is 0 Å². The zero-order valence-electron chi connectivity index (χ0n) is 28.2. The van der Waals surface area contributed by atoms with E-state index in [1.165, 1.54) is 92.9 Å². The van der Waals surface area contributed by atoms with Crippen LogP contribution in [0.15, 0.2) is 133 Å². The van der Waals surface area contributed by atoms with Gasteiger partial charge >= 0.3 is 0 Å². The number of anilines is 6. The second-order valence-corrected chi connectivity index (χ2v) is 15.5. The topological polar surface area (TPSA) is 6.48 Å². The molecule has 2 heterocycles. The Morgan fingerprint density at radius 1 is 0.592 bits per heavy atom. The molecule has 6 aromatic carbocycles. The Bertz CT molecular complexity index is 2320. The highest BCUT2D eigenvalue weighted by atomic mass is 15.2. The molecule has 2 nitrogen and oxygen atoms in total. The fraction of sp³-hybridized carbons (Fsp3) is 0.217. The molecule has 3 aliphatic carbocycles. The molecule has 2 aliphatic heterocycles. The van der Waals surface area contributed by atoms with E-state index in [0.717, 1.165) is 11.8 Å². The lowest BCUT2D eigenvalue weighted by Crippen LogP contribution is -2.61. The van der Waals surface area contributed by atoms with Crippen molar-refractivity contribution in [2.75, 3.05) is 9.80 Å². The van der Waals surface area contributed by atoms with E-state index in [4.69, 9.17) is 0 Å². The molecule has 0 saturated heterocycles. The van der Waals surface area contributed by atoms with Crippen molar-refractivity contribution in [2.45, 2.75) is 50.9 Å². The first-order valence-electron chi connectivity index (χ1n) is 18.4. The fourth-order valence-electron chi connectivity index (χ4n) is 10.9. The Labute approximate surface area is 290 Å². The molecule has 3 heteroatoms. The van der Waals surface area contributed by atoms with Crippen LogP contribution in [0.1, 0.15) is 62.1 Å². The summed E-state index contributed by atoms with van der Waals surface area (Å²) in [5, 5.41) is 0. The van der Waals surface area contributed by atoms with Crippen molar-refractivity contribution >= 4 is 57.2 Å². The summed E-state index contributed by atoms with van der Waals surface area (Å²) in [7, 11) is 0. The predicted molar refractivity (Wildman–Crippen MR) is 206 cm³/mol. The van der Waals surface area contributed by atoms with E-state index in [1.807, 2.05) is 0 Å². The molecule has 0 amide bonds. The quantitative estimate of drug-likeness (QED) is 0.179. The summed E-state index contributed by atoms with van der Waals surface area (Å²) in [5.41, 5.74) is 19.3. The van der Waals surface area contributed by atoms with E-state index in [0.29, 0.717) is 5.92 Å². The summed E-state index contributed by atoms with van der Waals surface area (Å²) in [4.78, 5) is 5.06. The van der Waals surface area contributed by atoms with Crippen molar-refractivity contribution in [3.05, 3.63) is 150 Å². The van der Waals surface area contributed by atoms with Crippen LogP contribution in [0.3, 0.4) is 0 Å². The minimum Gasteiger partial charge on any atom is -0.311 e. The Balaban J connectivity index is 1.13. The van der Waals surface area contributed by atoms with Gasteiger partial charge in [0.2, 0.25) is 0 Å². The Morgan fingerprint density at radius 2 is 1.20 bits per heavy atom. The molecule has 0 N–H and O–H groups in total.